The lowest BCUT2D eigenvalue weighted by atomic mass is 10.1. The van der Waals surface area contributed by atoms with Gasteiger partial charge in [-0.25, -0.2) is 31.2 Å². The van der Waals surface area contributed by atoms with Crippen molar-refractivity contribution in [3.05, 3.63) is 130 Å². The molecule has 0 saturated heterocycles. The molecule has 0 aliphatic heterocycles. The van der Waals surface area contributed by atoms with Gasteiger partial charge in [0.1, 0.15) is 0 Å². The van der Waals surface area contributed by atoms with Crippen LogP contribution in [0.1, 0.15) is 20.7 Å². The average molecular weight is 808 g/mol. The van der Waals surface area contributed by atoms with Crippen molar-refractivity contribution in [1.82, 2.24) is 0 Å². The van der Waals surface area contributed by atoms with E-state index in [1.165, 1.54) is 58.3 Å². The summed E-state index contributed by atoms with van der Waals surface area (Å²) in [5, 5.41) is 21.0. The molecule has 54 heavy (non-hydrogen) atoms. The van der Waals surface area contributed by atoms with Crippen LogP contribution in [-0.2, 0) is 20.0 Å². The topological polar surface area (TPSA) is 190 Å². The zero-order valence-electron chi connectivity index (χ0n) is 28.1. The van der Waals surface area contributed by atoms with E-state index < -0.39 is 38.0 Å². The van der Waals surface area contributed by atoms with Crippen LogP contribution in [0.15, 0.2) is 119 Å². The Kier molecular flexibility index (Phi) is 10.2. The lowest BCUT2D eigenvalue weighted by Crippen LogP contribution is -2.38. The first kappa shape index (κ1) is 37.9. The van der Waals surface area contributed by atoms with E-state index in [0.717, 1.165) is 12.1 Å². The summed E-state index contributed by atoms with van der Waals surface area (Å²) in [6, 6.07) is 26.1. The number of aromatic carboxylic acids is 2. The van der Waals surface area contributed by atoms with Crippen molar-refractivity contribution in [2.24, 2.45) is 0 Å². The number of benzene rings is 6. The standard InChI is InChI=1S/C37H28Cl2N4O9S2/c1-42(27-9-3-21-5-11-29(17-23(21)15-27)53(49,50)40-25-7-13-33(38)31(19-25)35(44)45)37(48)43(2)28-10-4-22-6-12-30(18-24(22)16-28)54(51,52)41-26-8-14-34(39)32(20-26)36(46)47/h3-20,40-41H,1-2H3,(H,44,45)(H,46,47). The monoisotopic (exact) mass is 806 g/mol. The van der Waals surface area contributed by atoms with Gasteiger partial charge in [0.25, 0.3) is 20.0 Å². The fourth-order valence-corrected chi connectivity index (χ4v) is 8.12. The summed E-state index contributed by atoms with van der Waals surface area (Å²) in [5.41, 5.74) is 0.381. The van der Waals surface area contributed by atoms with Gasteiger partial charge in [0, 0.05) is 36.8 Å². The van der Waals surface area contributed by atoms with Gasteiger partial charge in [0.15, 0.2) is 0 Å². The van der Waals surface area contributed by atoms with E-state index in [-0.39, 0.29) is 42.3 Å². The number of carboxylic acid groups (broad SMARTS) is 2. The predicted molar refractivity (Wildman–Crippen MR) is 209 cm³/mol. The molecular weight excluding hydrogens is 779 g/mol. The number of hydrogen-bond donors (Lipinski definition) is 4. The second-order valence-corrected chi connectivity index (χ2v) is 16.2. The molecule has 4 N–H and O–H groups in total. The molecule has 17 heteroatoms. The summed E-state index contributed by atoms with van der Waals surface area (Å²) in [7, 11) is -5.21. The largest absolute Gasteiger partial charge is 0.478 e. The highest BCUT2D eigenvalue weighted by molar-refractivity contribution is 7.93. The van der Waals surface area contributed by atoms with Crippen LogP contribution in [0.4, 0.5) is 27.5 Å². The Labute approximate surface area is 319 Å². The molecule has 276 valence electrons. The molecular formula is C37H28Cl2N4O9S2. The number of anilines is 4. The number of carboxylic acids is 2. The van der Waals surface area contributed by atoms with Gasteiger partial charge in [-0.05, 0) is 106 Å². The first-order valence-electron chi connectivity index (χ1n) is 15.6. The summed E-state index contributed by atoms with van der Waals surface area (Å²) < 4.78 is 57.8. The Balaban J connectivity index is 1.22. The molecule has 0 heterocycles. The second-order valence-electron chi connectivity index (χ2n) is 12.0. The number of sulfonamides is 2. The SMILES string of the molecule is CN(C(=O)N(C)c1ccc2ccc(S(=O)(=O)Nc3ccc(Cl)c(C(=O)O)c3)cc2c1)c1ccc2ccc(S(=O)(=O)Nc3ccc(Cl)c(C(=O)O)c3)cc2c1. The van der Waals surface area contributed by atoms with Crippen LogP contribution < -0.4 is 19.2 Å². The number of amides is 2. The van der Waals surface area contributed by atoms with Crippen LogP contribution >= 0.6 is 23.2 Å². The Morgan fingerprint density at radius 2 is 0.889 bits per heavy atom. The number of halogens is 2. The first-order valence-corrected chi connectivity index (χ1v) is 19.4. The molecule has 6 aromatic carbocycles. The predicted octanol–water partition coefficient (Wildman–Crippen LogP) is 7.99. The van der Waals surface area contributed by atoms with Crippen molar-refractivity contribution in [1.29, 1.82) is 0 Å². The molecule has 0 aliphatic carbocycles. The highest BCUT2D eigenvalue weighted by atomic mass is 35.5. The van der Waals surface area contributed by atoms with Crippen LogP contribution in [0.3, 0.4) is 0 Å². The van der Waals surface area contributed by atoms with E-state index in [0.29, 0.717) is 32.9 Å². The van der Waals surface area contributed by atoms with Gasteiger partial charge in [-0.2, -0.15) is 0 Å². The van der Waals surface area contributed by atoms with Gasteiger partial charge >= 0.3 is 18.0 Å². The molecule has 13 nitrogen and oxygen atoms in total. The zero-order valence-corrected chi connectivity index (χ0v) is 31.3. The second kappa shape index (κ2) is 14.5. The molecule has 0 radical (unpaired) electrons. The highest BCUT2D eigenvalue weighted by Crippen LogP contribution is 2.30. The molecule has 2 amide bonds. The molecule has 0 aromatic heterocycles. The minimum absolute atomic E-state index is 0.0104. The van der Waals surface area contributed by atoms with Gasteiger partial charge < -0.3 is 10.2 Å². The number of carbonyl (C=O) groups is 3. The number of rotatable bonds is 10. The Hall–Kier alpha value is -5.87. The fourth-order valence-electron chi connectivity index (χ4n) is 5.56. The third-order valence-corrected chi connectivity index (χ3v) is 11.9. The van der Waals surface area contributed by atoms with E-state index in [2.05, 4.69) is 9.44 Å². The molecule has 0 saturated carbocycles. The number of urea groups is 1. The summed E-state index contributed by atoms with van der Waals surface area (Å²) in [4.78, 5) is 39.2. The maximum atomic E-state index is 13.7. The fraction of sp³-hybridized carbons (Fsp3) is 0.0541. The molecule has 0 atom stereocenters. The molecule has 0 fully saturated rings. The Morgan fingerprint density at radius 1 is 0.519 bits per heavy atom. The average Bonchev–Trinajstić information content (AvgIpc) is 3.14. The van der Waals surface area contributed by atoms with E-state index in [9.17, 15) is 41.4 Å². The lowest BCUT2D eigenvalue weighted by molar-refractivity contribution is 0.0686. The van der Waals surface area contributed by atoms with Gasteiger partial charge in [-0.3, -0.25) is 19.2 Å². The number of fused-ring (bicyclic) bond motifs is 2. The first-order chi connectivity index (χ1) is 25.4. The molecule has 6 aromatic rings. The molecule has 0 aliphatic rings. The summed E-state index contributed by atoms with van der Waals surface area (Å²) in [6.07, 6.45) is 0. The number of nitrogens with zero attached hydrogens (tertiary/aromatic N) is 2. The van der Waals surface area contributed by atoms with E-state index in [4.69, 9.17) is 23.2 Å². The highest BCUT2D eigenvalue weighted by Gasteiger charge is 2.22. The van der Waals surface area contributed by atoms with Crippen molar-refractivity contribution in [2.75, 3.05) is 33.3 Å². The van der Waals surface area contributed by atoms with Gasteiger partial charge in [0.05, 0.1) is 31.0 Å². The minimum Gasteiger partial charge on any atom is -0.478 e. The minimum atomic E-state index is -4.15. The van der Waals surface area contributed by atoms with Gasteiger partial charge in [-0.15, -0.1) is 0 Å². The number of carbonyl (C=O) groups excluding carboxylic acids is 1. The normalized spacial score (nSPS) is 11.6. The van der Waals surface area contributed by atoms with Crippen LogP contribution in [0, 0.1) is 0 Å². The third-order valence-electron chi connectivity index (χ3n) is 8.46. The van der Waals surface area contributed by atoms with Gasteiger partial charge in [0.2, 0.25) is 0 Å². The molecule has 0 spiro atoms. The number of nitrogens with one attached hydrogen (secondary N) is 2. The van der Waals surface area contributed by atoms with Crippen molar-refractivity contribution in [3.8, 4) is 0 Å². The summed E-state index contributed by atoms with van der Waals surface area (Å²) in [5.74, 6) is -2.62. The lowest BCUT2D eigenvalue weighted by Gasteiger charge is -2.25. The van der Waals surface area contributed by atoms with E-state index >= 15 is 0 Å². The maximum Gasteiger partial charge on any atom is 0.337 e. The molecule has 6 rings (SSSR count). The third kappa shape index (κ3) is 7.75. The van der Waals surface area contributed by atoms with Crippen molar-refractivity contribution >= 4 is 106 Å². The summed E-state index contributed by atoms with van der Waals surface area (Å²) >= 11 is 11.8. The van der Waals surface area contributed by atoms with Crippen molar-refractivity contribution in [3.63, 3.8) is 0 Å². The van der Waals surface area contributed by atoms with E-state index in [1.54, 1.807) is 62.6 Å². The smallest absolute Gasteiger partial charge is 0.337 e. The molecule has 0 unspecified atom stereocenters. The summed E-state index contributed by atoms with van der Waals surface area (Å²) in [6.45, 7) is 0. The Bertz CT molecular complexity index is 2580. The van der Waals surface area contributed by atoms with Crippen LogP contribution in [0.5, 0.6) is 0 Å². The maximum absolute atomic E-state index is 13.7. The van der Waals surface area contributed by atoms with Crippen molar-refractivity contribution in [2.45, 2.75) is 9.79 Å². The van der Waals surface area contributed by atoms with Crippen molar-refractivity contribution < 1.29 is 41.4 Å². The van der Waals surface area contributed by atoms with Crippen LogP contribution in [0.2, 0.25) is 10.0 Å². The Morgan fingerprint density at radius 3 is 1.26 bits per heavy atom. The molecule has 0 bridgehead atoms. The van der Waals surface area contributed by atoms with Crippen LogP contribution in [-0.4, -0.2) is 59.1 Å². The number of hydrogen-bond acceptors (Lipinski definition) is 7. The van der Waals surface area contributed by atoms with E-state index in [1.807, 2.05) is 0 Å². The quantitative estimate of drug-likeness (QED) is 0.106. The van der Waals surface area contributed by atoms with Crippen LogP contribution in [0.25, 0.3) is 21.5 Å². The zero-order chi connectivity index (χ0) is 39.1. The van der Waals surface area contributed by atoms with Gasteiger partial charge in [-0.1, -0.05) is 47.5 Å².